The number of rotatable bonds is 6. The molecule has 10 heteroatoms. The number of pyridine rings is 1. The zero-order chi connectivity index (χ0) is 22.0. The third-order valence-electron chi connectivity index (χ3n) is 5.50. The number of aromatic nitrogens is 7. The highest BCUT2D eigenvalue weighted by molar-refractivity contribution is 5.57. The summed E-state index contributed by atoms with van der Waals surface area (Å²) < 4.78 is 5.51. The molecule has 0 aromatic carbocycles. The fraction of sp³-hybridized carbons (Fsp3) is 0.286. The van der Waals surface area contributed by atoms with Crippen LogP contribution in [0.1, 0.15) is 32.2 Å². The lowest BCUT2D eigenvalue weighted by Crippen LogP contribution is -2.31. The van der Waals surface area contributed by atoms with Crippen LogP contribution in [0.4, 0.5) is 11.8 Å². The number of hydrogen-bond donors (Lipinski definition) is 2. The topological polar surface area (TPSA) is 141 Å². The van der Waals surface area contributed by atoms with Crippen LogP contribution in [0.2, 0.25) is 0 Å². The highest BCUT2D eigenvalue weighted by Gasteiger charge is 2.38. The molecule has 4 aromatic rings. The van der Waals surface area contributed by atoms with Gasteiger partial charge in [-0.1, -0.05) is 25.1 Å². The Hall–Kier alpha value is -3.95. The monoisotopic (exact) mass is 417 g/mol. The van der Waals surface area contributed by atoms with Crippen LogP contribution in [0, 0.1) is 5.92 Å². The molecule has 0 radical (unpaired) electrons. The fourth-order valence-electron chi connectivity index (χ4n) is 3.17. The summed E-state index contributed by atoms with van der Waals surface area (Å²) in [6.45, 7) is 6.30. The third kappa shape index (κ3) is 3.79. The summed E-state index contributed by atoms with van der Waals surface area (Å²) in [7, 11) is 1.78. The number of nitrogens with one attached hydrogen (secondary N) is 1. The summed E-state index contributed by atoms with van der Waals surface area (Å²) in [5.74, 6) is 1.94. The average molecular weight is 417 g/mol. The van der Waals surface area contributed by atoms with Crippen molar-refractivity contribution < 1.29 is 4.52 Å². The van der Waals surface area contributed by atoms with Crippen molar-refractivity contribution in [2.45, 2.75) is 26.2 Å². The molecule has 0 amide bonds. The molecule has 0 saturated heterocycles. The van der Waals surface area contributed by atoms with Crippen molar-refractivity contribution in [2.75, 3.05) is 18.1 Å². The minimum Gasteiger partial charge on any atom is -0.372 e. The molecular formula is C21H23N9O. The SMILES string of the molecule is CNc1cnc(-c2nc(C(C)(c3ccc(-c4cnc(N)nc4)nc3)C(C)C)no2)cn1. The second kappa shape index (κ2) is 8.05. The van der Waals surface area contributed by atoms with E-state index in [-0.39, 0.29) is 11.9 Å². The van der Waals surface area contributed by atoms with Gasteiger partial charge in [-0.15, -0.1) is 0 Å². The number of nitrogen functional groups attached to an aromatic ring is 1. The van der Waals surface area contributed by atoms with Crippen molar-refractivity contribution in [1.29, 1.82) is 0 Å². The maximum atomic E-state index is 5.57. The van der Waals surface area contributed by atoms with E-state index in [1.54, 1.807) is 31.8 Å². The summed E-state index contributed by atoms with van der Waals surface area (Å²) in [5.41, 5.74) is 8.06. The highest BCUT2D eigenvalue weighted by Crippen LogP contribution is 2.38. The van der Waals surface area contributed by atoms with Crippen molar-refractivity contribution >= 4 is 11.8 Å². The van der Waals surface area contributed by atoms with Gasteiger partial charge in [-0.05, 0) is 24.5 Å². The van der Waals surface area contributed by atoms with Gasteiger partial charge in [0, 0.05) is 31.2 Å². The molecule has 1 unspecified atom stereocenters. The van der Waals surface area contributed by atoms with Gasteiger partial charge in [0.1, 0.15) is 11.5 Å². The number of nitrogens with zero attached hydrogens (tertiary/aromatic N) is 7. The van der Waals surface area contributed by atoms with Crippen molar-refractivity contribution in [3.8, 4) is 22.8 Å². The van der Waals surface area contributed by atoms with Crippen LogP contribution in [-0.2, 0) is 5.41 Å². The van der Waals surface area contributed by atoms with Crippen molar-refractivity contribution in [2.24, 2.45) is 5.92 Å². The van der Waals surface area contributed by atoms with Gasteiger partial charge in [-0.2, -0.15) is 4.98 Å². The van der Waals surface area contributed by atoms with E-state index in [1.165, 1.54) is 0 Å². The first-order valence-corrected chi connectivity index (χ1v) is 9.80. The van der Waals surface area contributed by atoms with Crippen molar-refractivity contribution in [1.82, 2.24) is 35.1 Å². The summed E-state index contributed by atoms with van der Waals surface area (Å²) in [6, 6.07) is 3.93. The average Bonchev–Trinajstić information content (AvgIpc) is 3.30. The van der Waals surface area contributed by atoms with E-state index in [0.29, 0.717) is 23.2 Å². The molecule has 0 saturated carbocycles. The van der Waals surface area contributed by atoms with Gasteiger partial charge in [0.05, 0.1) is 23.5 Å². The van der Waals surface area contributed by atoms with Gasteiger partial charge in [-0.3, -0.25) is 4.98 Å². The normalized spacial score (nSPS) is 13.2. The Morgan fingerprint density at radius 1 is 0.935 bits per heavy atom. The van der Waals surface area contributed by atoms with Crippen LogP contribution in [0.3, 0.4) is 0 Å². The van der Waals surface area contributed by atoms with Crippen LogP contribution in [-0.4, -0.2) is 42.1 Å². The first-order valence-electron chi connectivity index (χ1n) is 9.80. The largest absolute Gasteiger partial charge is 0.372 e. The molecule has 4 heterocycles. The third-order valence-corrected chi connectivity index (χ3v) is 5.50. The van der Waals surface area contributed by atoms with Crippen LogP contribution < -0.4 is 11.1 Å². The molecule has 0 aliphatic carbocycles. The summed E-state index contributed by atoms with van der Waals surface area (Å²) >= 11 is 0. The number of nitrogens with two attached hydrogens (primary N) is 1. The van der Waals surface area contributed by atoms with Gasteiger partial charge in [0.15, 0.2) is 5.82 Å². The molecule has 0 aliphatic rings. The molecule has 1 atom stereocenters. The molecule has 0 aliphatic heterocycles. The minimum atomic E-state index is -0.525. The van der Waals surface area contributed by atoms with Gasteiger partial charge >= 0.3 is 0 Å². The lowest BCUT2D eigenvalue weighted by atomic mass is 9.73. The van der Waals surface area contributed by atoms with E-state index in [0.717, 1.165) is 16.8 Å². The van der Waals surface area contributed by atoms with Gasteiger partial charge in [-0.25, -0.2) is 19.9 Å². The first kappa shape index (κ1) is 20.3. The summed E-state index contributed by atoms with van der Waals surface area (Å²) in [4.78, 5) is 25.9. The molecule has 4 aromatic heterocycles. The van der Waals surface area contributed by atoms with E-state index in [9.17, 15) is 0 Å². The molecular weight excluding hydrogens is 394 g/mol. The molecule has 4 rings (SSSR count). The molecule has 31 heavy (non-hydrogen) atoms. The molecule has 0 spiro atoms. The summed E-state index contributed by atoms with van der Waals surface area (Å²) in [6.07, 6.45) is 8.34. The molecule has 10 nitrogen and oxygen atoms in total. The fourth-order valence-corrected chi connectivity index (χ4v) is 3.17. The Morgan fingerprint density at radius 3 is 2.26 bits per heavy atom. The van der Waals surface area contributed by atoms with E-state index < -0.39 is 5.41 Å². The van der Waals surface area contributed by atoms with Crippen LogP contribution >= 0.6 is 0 Å². The van der Waals surface area contributed by atoms with E-state index in [2.05, 4.69) is 61.1 Å². The quantitative estimate of drug-likeness (QED) is 0.481. The van der Waals surface area contributed by atoms with Crippen LogP contribution in [0.15, 0.2) is 47.6 Å². The van der Waals surface area contributed by atoms with E-state index >= 15 is 0 Å². The number of anilines is 2. The smallest absolute Gasteiger partial charge is 0.278 e. The summed E-state index contributed by atoms with van der Waals surface area (Å²) in [5, 5.41) is 7.19. The lowest BCUT2D eigenvalue weighted by Gasteiger charge is -2.30. The van der Waals surface area contributed by atoms with E-state index in [1.807, 2.05) is 18.3 Å². The second-order valence-electron chi connectivity index (χ2n) is 7.58. The minimum absolute atomic E-state index is 0.170. The maximum absolute atomic E-state index is 5.57. The van der Waals surface area contributed by atoms with Gasteiger partial charge in [0.2, 0.25) is 5.95 Å². The van der Waals surface area contributed by atoms with Crippen molar-refractivity contribution in [3.63, 3.8) is 0 Å². The maximum Gasteiger partial charge on any atom is 0.278 e. The van der Waals surface area contributed by atoms with Crippen molar-refractivity contribution in [3.05, 3.63) is 54.5 Å². The molecule has 158 valence electrons. The Morgan fingerprint density at radius 2 is 1.68 bits per heavy atom. The second-order valence-corrected chi connectivity index (χ2v) is 7.58. The Balaban J connectivity index is 1.67. The van der Waals surface area contributed by atoms with E-state index in [4.69, 9.17) is 10.3 Å². The lowest BCUT2D eigenvalue weighted by molar-refractivity contribution is 0.350. The van der Waals surface area contributed by atoms with Crippen LogP contribution in [0.25, 0.3) is 22.8 Å². The molecule has 0 bridgehead atoms. The number of hydrogen-bond acceptors (Lipinski definition) is 10. The Kier molecular flexibility index (Phi) is 5.28. The zero-order valence-corrected chi connectivity index (χ0v) is 17.7. The molecule has 0 fully saturated rings. The standard InChI is InChI=1S/C21H23N9O/c1-12(2)21(3,14-5-6-15(24-9-14)13-7-27-20(22)28-8-13)19-29-18(31-30-19)16-10-26-17(23-4)11-25-16/h5-12H,1-4H3,(H,23,26)(H2,22,27,28). The van der Waals surface area contributed by atoms with Gasteiger partial charge < -0.3 is 15.6 Å². The Bertz CT molecular complexity index is 1150. The predicted octanol–water partition coefficient (Wildman–Crippen LogP) is 2.96. The zero-order valence-electron chi connectivity index (χ0n) is 17.7. The van der Waals surface area contributed by atoms with Crippen LogP contribution in [0.5, 0.6) is 0 Å². The highest BCUT2D eigenvalue weighted by atomic mass is 16.5. The Labute approximate surface area is 179 Å². The predicted molar refractivity (Wildman–Crippen MR) is 116 cm³/mol. The molecule has 3 N–H and O–H groups in total. The first-order chi connectivity index (χ1) is 14.9. The van der Waals surface area contributed by atoms with Gasteiger partial charge in [0.25, 0.3) is 5.89 Å².